The molecular formula is C25H25B2HoN12O2. The molecule has 6 heterocycles. The second kappa shape index (κ2) is 15.4. The van der Waals surface area contributed by atoms with E-state index in [4.69, 9.17) is 0 Å². The van der Waals surface area contributed by atoms with Crippen LogP contribution in [0, 0.1) is 37.7 Å². The molecule has 0 bridgehead atoms. The van der Waals surface area contributed by atoms with Crippen LogP contribution in [-0.4, -0.2) is 72.4 Å². The van der Waals surface area contributed by atoms with Gasteiger partial charge in [0.15, 0.2) is 0 Å². The first-order chi connectivity index (χ1) is 20.2. The Bertz CT molecular complexity index is 1380. The van der Waals surface area contributed by atoms with Crippen molar-refractivity contribution >= 4 is 14.2 Å². The molecule has 42 heavy (non-hydrogen) atoms. The van der Waals surface area contributed by atoms with Gasteiger partial charge in [0.2, 0.25) is 0 Å². The van der Waals surface area contributed by atoms with Gasteiger partial charge in [0.25, 0.3) is 0 Å². The zero-order valence-electron chi connectivity index (χ0n) is 22.2. The predicted octanol–water partition coefficient (Wildman–Crippen LogP) is -0.00910. The van der Waals surface area contributed by atoms with Crippen LogP contribution in [0.15, 0.2) is 141 Å². The molecule has 0 saturated heterocycles. The van der Waals surface area contributed by atoms with Crippen molar-refractivity contribution in [2.24, 2.45) is 0 Å². The predicted molar refractivity (Wildman–Crippen MR) is 150 cm³/mol. The van der Waals surface area contributed by atoms with Gasteiger partial charge in [-0.2, -0.15) is 0 Å². The molecule has 7 rings (SSSR count). The number of hydrogen-bond donors (Lipinski definition) is 0. The smallest absolute Gasteiger partial charge is 0.852 e. The van der Waals surface area contributed by atoms with Crippen molar-refractivity contribution in [3.05, 3.63) is 141 Å². The summed E-state index contributed by atoms with van der Waals surface area (Å²) in [6, 6.07) is 18.6. The molecule has 14 nitrogen and oxygen atoms in total. The molecule has 0 fully saturated rings. The van der Waals surface area contributed by atoms with Crippen LogP contribution in [0.1, 0.15) is 0 Å². The van der Waals surface area contributed by atoms with E-state index in [2.05, 4.69) is 30.6 Å². The van der Waals surface area contributed by atoms with Crippen molar-refractivity contribution in [3.8, 4) is 11.5 Å². The quantitative estimate of drug-likeness (QED) is 0.173. The summed E-state index contributed by atoms with van der Waals surface area (Å²) < 4.78 is 11.2. The summed E-state index contributed by atoms with van der Waals surface area (Å²) in [6.07, 6.45) is 22.1. The van der Waals surface area contributed by atoms with E-state index in [0.717, 1.165) is 0 Å². The number of rotatable bonds is 6. The van der Waals surface area contributed by atoms with Gasteiger partial charge in [-0.05, 0) is 73.6 Å². The van der Waals surface area contributed by atoms with Gasteiger partial charge in [-0.25, -0.2) is 30.6 Å². The largest absolute Gasteiger partial charge is 3.00 e. The molecule has 0 atom stereocenters. The van der Waals surface area contributed by atoms with Gasteiger partial charge in [0, 0.05) is 79.0 Å². The first-order valence-corrected chi connectivity index (χ1v) is 12.8. The molecule has 0 amide bonds. The molecule has 17 heteroatoms. The maximum Gasteiger partial charge on any atom is 3.00 e. The van der Waals surface area contributed by atoms with E-state index in [1.807, 2.05) is 101 Å². The van der Waals surface area contributed by atoms with Crippen LogP contribution in [0.3, 0.4) is 0 Å². The van der Waals surface area contributed by atoms with Gasteiger partial charge in [-0.15, -0.1) is 0 Å². The molecule has 7 aromatic rings. The Labute approximate surface area is 271 Å². The molecule has 0 N–H and O–H groups in total. The maximum absolute atomic E-state index is 10.5. The maximum atomic E-state index is 10.5. The molecule has 0 radical (unpaired) electrons. The van der Waals surface area contributed by atoms with Crippen molar-refractivity contribution in [2.45, 2.75) is 0 Å². The van der Waals surface area contributed by atoms with Gasteiger partial charge in [0.1, 0.15) is 0 Å². The fourth-order valence-electron chi connectivity index (χ4n) is 4.21. The normalized spacial score (nSPS) is 10.3. The summed E-state index contributed by atoms with van der Waals surface area (Å²) in [5.41, 5.74) is 0. The molecule has 0 saturated carbocycles. The van der Waals surface area contributed by atoms with E-state index >= 15 is 0 Å². The van der Waals surface area contributed by atoms with E-state index < -0.39 is 25.7 Å². The van der Waals surface area contributed by atoms with Crippen molar-refractivity contribution in [3.63, 3.8) is 0 Å². The van der Waals surface area contributed by atoms with E-state index in [1.54, 1.807) is 55.4 Å². The molecule has 0 aliphatic carbocycles. The second-order valence-electron chi connectivity index (χ2n) is 8.76. The summed E-state index contributed by atoms with van der Waals surface area (Å²) >= 11 is 0. The van der Waals surface area contributed by atoms with Crippen LogP contribution >= 0.6 is 0 Å². The summed E-state index contributed by atoms with van der Waals surface area (Å²) in [6.45, 7) is 0. The summed E-state index contributed by atoms with van der Waals surface area (Å²) in [5, 5.41) is 46.6. The summed E-state index contributed by atoms with van der Waals surface area (Å²) in [5.74, 6) is -0.917. The van der Waals surface area contributed by atoms with Crippen molar-refractivity contribution in [1.82, 2.24) is 58.1 Å². The van der Waals surface area contributed by atoms with Crippen molar-refractivity contribution in [1.29, 1.82) is 0 Å². The molecule has 0 unspecified atom stereocenters. The van der Waals surface area contributed by atoms with Crippen LogP contribution in [0.25, 0.3) is 0 Å². The molecule has 1 aromatic carbocycles. The number of nitrogens with zero attached hydrogens (tertiary/aromatic N) is 12. The second-order valence-corrected chi connectivity index (χ2v) is 8.76. The zero-order chi connectivity index (χ0) is 28.3. The third kappa shape index (κ3) is 7.75. The fraction of sp³-hybridized carbons (Fsp3) is 0. The minimum absolute atomic E-state index is 0. The first-order valence-electron chi connectivity index (χ1n) is 12.8. The van der Waals surface area contributed by atoms with Crippen LogP contribution in [0.2, 0.25) is 0 Å². The van der Waals surface area contributed by atoms with Crippen LogP contribution in [0.5, 0.6) is 11.5 Å². The molecule has 6 aromatic heterocycles. The SMILES string of the molecule is [Ho+3].[O-]c1ccccc[c+]1[O-].c1cnn([BH-](n2cccn2)n2cccn2)c1.c1cnn([BH-](n2cccn2)n2cccn2)c1. The standard InChI is InChI=1S/2C9H10BN6.C7H6O2.Ho/c2*1-4-11-14(7-1)10(15-8-2-5-12-15)16-9-3-6-13-16;8-6-4-2-1-3-5-7(6)9;/h2*1-10H;1-5,8H;/q2*-1;;+3/p-1. The molecule has 0 aliphatic heterocycles. The molecule has 0 aliphatic rings. The Morgan fingerprint density at radius 2 is 0.786 bits per heavy atom. The average molecular weight is 712 g/mol. The Morgan fingerprint density at radius 3 is 1.05 bits per heavy atom. The minimum atomic E-state index is -1.12. The third-order valence-electron chi connectivity index (χ3n) is 6.05. The van der Waals surface area contributed by atoms with Gasteiger partial charge < -0.3 is 37.8 Å². The van der Waals surface area contributed by atoms with Crippen molar-refractivity contribution < 1.29 is 48.0 Å². The molecule has 214 valence electrons. The van der Waals surface area contributed by atoms with Gasteiger partial charge in [-0.1, -0.05) is 0 Å². The van der Waals surface area contributed by atoms with E-state index in [0.29, 0.717) is 0 Å². The summed E-state index contributed by atoms with van der Waals surface area (Å²) in [7, 11) is -2.25. The zero-order valence-corrected chi connectivity index (χ0v) is 24.1. The third-order valence-corrected chi connectivity index (χ3v) is 6.05. The van der Waals surface area contributed by atoms with E-state index in [9.17, 15) is 10.2 Å². The van der Waals surface area contributed by atoms with E-state index in [1.165, 1.54) is 12.1 Å². The van der Waals surface area contributed by atoms with Crippen LogP contribution in [0.4, 0.5) is 0 Å². The average Bonchev–Trinajstić information content (AvgIpc) is 3.84. The van der Waals surface area contributed by atoms with Crippen molar-refractivity contribution in [2.75, 3.05) is 0 Å². The number of aromatic nitrogens is 12. The summed E-state index contributed by atoms with van der Waals surface area (Å²) in [4.78, 5) is 0. The van der Waals surface area contributed by atoms with Crippen LogP contribution in [-0.2, 0) is 0 Å². The Kier molecular flexibility index (Phi) is 11.1. The number of hydrogen-bond acceptors (Lipinski definition) is 8. The van der Waals surface area contributed by atoms with Gasteiger partial charge in [0.05, 0.1) is 0 Å². The van der Waals surface area contributed by atoms with Gasteiger partial charge in [-0.3, -0.25) is 0 Å². The van der Waals surface area contributed by atoms with Crippen LogP contribution < -0.4 is 10.2 Å². The Balaban J connectivity index is 0.000000149. The Hall–Kier alpha value is -4.66. The molecular weight excluding hydrogens is 687 g/mol. The molecule has 0 spiro atoms. The first kappa shape index (κ1) is 30.3. The van der Waals surface area contributed by atoms with E-state index in [-0.39, 0.29) is 37.7 Å². The minimum Gasteiger partial charge on any atom is -0.852 e. The monoisotopic (exact) mass is 712 g/mol. The fourth-order valence-corrected chi connectivity index (χ4v) is 4.21. The Morgan fingerprint density at radius 1 is 0.476 bits per heavy atom. The van der Waals surface area contributed by atoms with Gasteiger partial charge >= 0.3 is 52.0 Å². The topological polar surface area (TPSA) is 153 Å².